The summed E-state index contributed by atoms with van der Waals surface area (Å²) in [6, 6.07) is 2.79. The van der Waals surface area contributed by atoms with E-state index in [4.69, 9.17) is 17.0 Å². The maximum atomic E-state index is 13.7. The zero-order chi connectivity index (χ0) is 16.8. The highest BCUT2D eigenvalue weighted by molar-refractivity contribution is 7.90. The van der Waals surface area contributed by atoms with Gasteiger partial charge in [-0.1, -0.05) is 11.6 Å². The molecule has 0 spiro atoms. The topological polar surface area (TPSA) is 84.9 Å². The first-order valence-electron chi connectivity index (χ1n) is 6.12. The van der Waals surface area contributed by atoms with Crippen LogP contribution in [-0.2, 0) is 17.1 Å². The molecule has 1 aromatic heterocycles. The van der Waals surface area contributed by atoms with Crippen molar-refractivity contribution in [3.8, 4) is 0 Å². The van der Waals surface area contributed by atoms with E-state index >= 15 is 0 Å². The smallest absolute Gasteiger partial charge is 0.282 e. The number of halogens is 2. The van der Waals surface area contributed by atoms with Gasteiger partial charge in [-0.05, 0) is 37.1 Å². The molecule has 0 bridgehead atoms. The van der Waals surface area contributed by atoms with Gasteiger partial charge in [0.2, 0.25) is 0 Å². The lowest BCUT2D eigenvalue weighted by Gasteiger charge is -2.13. The molecule has 1 N–H and O–H groups in total. The number of benzene rings is 1. The molecule has 2 rings (SSSR count). The summed E-state index contributed by atoms with van der Waals surface area (Å²) in [6.07, 6.45) is 0.503. The van der Waals surface area contributed by atoms with Crippen LogP contribution in [0.4, 0.5) is 4.39 Å². The molecule has 118 valence electrons. The lowest BCUT2D eigenvalue weighted by Crippen LogP contribution is -2.42. The SMILES string of the molecule is Cc1cc(S(=O)(=O)n2cc(F)c(=N)n(C)c2=O)c(C)cc1Cl. The van der Waals surface area contributed by atoms with Gasteiger partial charge in [-0.15, -0.1) is 0 Å². The molecule has 0 radical (unpaired) electrons. The van der Waals surface area contributed by atoms with Crippen LogP contribution >= 0.6 is 11.6 Å². The minimum Gasteiger partial charge on any atom is -0.282 e. The fraction of sp³-hybridized carbons (Fsp3) is 0.231. The molecule has 0 aliphatic rings. The van der Waals surface area contributed by atoms with Crippen LogP contribution in [0.25, 0.3) is 0 Å². The van der Waals surface area contributed by atoms with E-state index in [0.717, 1.165) is 7.05 Å². The van der Waals surface area contributed by atoms with E-state index < -0.39 is 27.0 Å². The average Bonchev–Trinajstić information content (AvgIpc) is 2.44. The third kappa shape index (κ3) is 2.48. The molecule has 0 unspecified atom stereocenters. The van der Waals surface area contributed by atoms with Crippen molar-refractivity contribution >= 4 is 21.6 Å². The van der Waals surface area contributed by atoms with Crippen molar-refractivity contribution < 1.29 is 12.8 Å². The summed E-state index contributed by atoms with van der Waals surface area (Å²) in [4.78, 5) is 11.9. The molecule has 0 atom stereocenters. The molecule has 1 heterocycles. The first-order chi connectivity index (χ1) is 10.1. The average molecular weight is 346 g/mol. The van der Waals surface area contributed by atoms with Crippen LogP contribution in [0, 0.1) is 25.1 Å². The van der Waals surface area contributed by atoms with E-state index in [1.165, 1.54) is 19.1 Å². The maximum absolute atomic E-state index is 13.7. The fourth-order valence-electron chi connectivity index (χ4n) is 1.93. The van der Waals surface area contributed by atoms with Gasteiger partial charge in [0, 0.05) is 12.1 Å². The van der Waals surface area contributed by atoms with Crippen molar-refractivity contribution in [3.05, 3.63) is 56.3 Å². The Morgan fingerprint density at radius 1 is 1.23 bits per heavy atom. The van der Waals surface area contributed by atoms with E-state index in [1.54, 1.807) is 6.92 Å². The predicted molar refractivity (Wildman–Crippen MR) is 79.0 cm³/mol. The summed E-state index contributed by atoms with van der Waals surface area (Å²) >= 11 is 5.93. The zero-order valence-corrected chi connectivity index (χ0v) is 13.6. The van der Waals surface area contributed by atoms with Crippen LogP contribution in [0.2, 0.25) is 5.02 Å². The Hall–Kier alpha value is -1.93. The van der Waals surface area contributed by atoms with E-state index in [9.17, 15) is 17.6 Å². The molecule has 2 aromatic rings. The van der Waals surface area contributed by atoms with E-state index in [1.807, 2.05) is 0 Å². The Morgan fingerprint density at radius 3 is 2.41 bits per heavy atom. The molecule has 0 saturated carbocycles. The zero-order valence-electron chi connectivity index (χ0n) is 12.0. The lowest BCUT2D eigenvalue weighted by atomic mass is 10.2. The number of hydrogen-bond donors (Lipinski definition) is 1. The summed E-state index contributed by atoms with van der Waals surface area (Å²) in [7, 11) is -3.18. The van der Waals surface area contributed by atoms with Gasteiger partial charge in [0.25, 0.3) is 10.0 Å². The highest BCUT2D eigenvalue weighted by Crippen LogP contribution is 2.24. The van der Waals surface area contributed by atoms with Crippen LogP contribution in [0.1, 0.15) is 11.1 Å². The van der Waals surface area contributed by atoms with Crippen molar-refractivity contribution in [3.63, 3.8) is 0 Å². The molecule has 0 amide bonds. The van der Waals surface area contributed by atoms with Crippen LogP contribution in [0.5, 0.6) is 0 Å². The molecular formula is C13H13ClFN3O3S. The Labute approximate surface area is 131 Å². The number of aryl methyl sites for hydroxylation is 2. The Kier molecular flexibility index (Phi) is 4.01. The fourth-order valence-corrected chi connectivity index (χ4v) is 3.71. The minimum atomic E-state index is -4.30. The van der Waals surface area contributed by atoms with Gasteiger partial charge in [0.05, 0.1) is 11.1 Å². The first-order valence-corrected chi connectivity index (χ1v) is 7.94. The number of aromatic nitrogens is 2. The van der Waals surface area contributed by atoms with E-state index in [-0.39, 0.29) is 8.87 Å². The summed E-state index contributed by atoms with van der Waals surface area (Å²) in [5.74, 6) is -1.12. The third-order valence-corrected chi connectivity index (χ3v) is 5.44. The molecule has 0 aliphatic heterocycles. The number of rotatable bonds is 2. The molecule has 0 saturated heterocycles. The standard InChI is InChI=1S/C13H13ClFN3O3S/c1-7-5-11(8(2)4-9(7)14)22(20,21)18-6-10(15)12(16)17(3)13(18)19/h4-6,16H,1-3H3. The van der Waals surface area contributed by atoms with Crippen LogP contribution in [0.15, 0.2) is 28.0 Å². The largest absolute Gasteiger partial charge is 0.343 e. The summed E-state index contributed by atoms with van der Waals surface area (Å²) < 4.78 is 39.8. The second-order valence-corrected chi connectivity index (χ2v) is 7.03. The predicted octanol–water partition coefficient (Wildman–Crippen LogP) is 1.31. The van der Waals surface area contributed by atoms with Gasteiger partial charge in [-0.2, -0.15) is 3.97 Å². The van der Waals surface area contributed by atoms with Gasteiger partial charge >= 0.3 is 5.69 Å². The molecular weight excluding hydrogens is 333 g/mol. The van der Waals surface area contributed by atoms with Crippen molar-refractivity contribution in [2.24, 2.45) is 7.05 Å². The van der Waals surface area contributed by atoms with Crippen LogP contribution in [0.3, 0.4) is 0 Å². The second kappa shape index (κ2) is 5.36. The minimum absolute atomic E-state index is 0.145. The van der Waals surface area contributed by atoms with Crippen molar-refractivity contribution in [1.29, 1.82) is 5.41 Å². The van der Waals surface area contributed by atoms with Gasteiger partial charge in [0.1, 0.15) is 0 Å². The number of nitrogens with zero attached hydrogens (tertiary/aromatic N) is 2. The van der Waals surface area contributed by atoms with Crippen molar-refractivity contribution in [2.75, 3.05) is 0 Å². The highest BCUT2D eigenvalue weighted by atomic mass is 35.5. The van der Waals surface area contributed by atoms with Crippen LogP contribution < -0.4 is 11.2 Å². The first kappa shape index (κ1) is 16.4. The van der Waals surface area contributed by atoms with Gasteiger partial charge < -0.3 is 0 Å². The monoisotopic (exact) mass is 345 g/mol. The Balaban J connectivity index is 2.86. The van der Waals surface area contributed by atoms with E-state index in [0.29, 0.717) is 26.9 Å². The molecule has 1 aromatic carbocycles. The van der Waals surface area contributed by atoms with Gasteiger partial charge in [-0.25, -0.2) is 17.6 Å². The molecule has 0 fully saturated rings. The van der Waals surface area contributed by atoms with Crippen molar-refractivity contribution in [1.82, 2.24) is 8.54 Å². The molecule has 0 aliphatic carbocycles. The highest BCUT2D eigenvalue weighted by Gasteiger charge is 2.23. The molecule has 6 nitrogen and oxygen atoms in total. The maximum Gasteiger partial charge on any atom is 0.343 e. The third-order valence-electron chi connectivity index (χ3n) is 3.26. The summed E-state index contributed by atoms with van der Waals surface area (Å²) in [6.45, 7) is 3.15. The second-order valence-electron chi connectivity index (χ2n) is 4.83. The normalized spacial score (nSPS) is 11.7. The lowest BCUT2D eigenvalue weighted by molar-refractivity contribution is 0.534. The molecule has 9 heteroatoms. The van der Waals surface area contributed by atoms with E-state index in [2.05, 4.69) is 0 Å². The quantitative estimate of drug-likeness (QED) is 0.890. The van der Waals surface area contributed by atoms with Crippen molar-refractivity contribution in [2.45, 2.75) is 18.7 Å². The summed E-state index contributed by atoms with van der Waals surface area (Å²) in [5.41, 5.74) is -0.875. The van der Waals surface area contributed by atoms with Gasteiger partial charge in [-0.3, -0.25) is 9.98 Å². The Bertz CT molecular complexity index is 993. The Morgan fingerprint density at radius 2 is 1.82 bits per heavy atom. The summed E-state index contributed by atoms with van der Waals surface area (Å²) in [5, 5.41) is 7.75. The van der Waals surface area contributed by atoms with Crippen LogP contribution in [-0.4, -0.2) is 17.0 Å². The molecule has 22 heavy (non-hydrogen) atoms. The number of nitrogens with one attached hydrogen (secondary N) is 1. The van der Waals surface area contributed by atoms with Gasteiger partial charge in [0.15, 0.2) is 11.3 Å². The number of hydrogen-bond acceptors (Lipinski definition) is 4.